The fourth-order valence-electron chi connectivity index (χ4n) is 2.88. The van der Waals surface area contributed by atoms with Crippen molar-refractivity contribution in [1.29, 1.82) is 0 Å². The van der Waals surface area contributed by atoms with Crippen LogP contribution in [0.4, 0.5) is 0 Å². The molecule has 1 saturated heterocycles. The Hall–Kier alpha value is -2.38. The van der Waals surface area contributed by atoms with E-state index in [1.807, 2.05) is 6.07 Å². The number of nitrogens with zero attached hydrogens (tertiary/aromatic N) is 1. The zero-order chi connectivity index (χ0) is 17.9. The quantitative estimate of drug-likeness (QED) is 0.813. The van der Waals surface area contributed by atoms with E-state index in [-0.39, 0.29) is 19.6 Å². The van der Waals surface area contributed by atoms with E-state index >= 15 is 0 Å². The first kappa shape index (κ1) is 17.4. The van der Waals surface area contributed by atoms with Gasteiger partial charge in [0.25, 0.3) is 5.91 Å². The molecular weight excluding hydrogens is 348 g/mol. The van der Waals surface area contributed by atoms with Crippen LogP contribution in [0.5, 0.6) is 5.75 Å². The summed E-state index contributed by atoms with van der Waals surface area (Å²) in [6.45, 7) is 0.339. The molecule has 25 heavy (non-hydrogen) atoms. The van der Waals surface area contributed by atoms with Crippen molar-refractivity contribution in [2.24, 2.45) is 0 Å². The summed E-state index contributed by atoms with van der Waals surface area (Å²) < 4.78 is 10.8. The highest BCUT2D eigenvalue weighted by atomic mass is 35.5. The monoisotopic (exact) mass is 364 g/mol. The van der Waals surface area contributed by atoms with Crippen LogP contribution < -0.4 is 10.1 Å². The van der Waals surface area contributed by atoms with Gasteiger partial charge < -0.3 is 19.9 Å². The number of amides is 1. The Bertz CT molecular complexity index is 805. The number of carbonyl (C=O) groups is 2. The molecule has 1 aliphatic heterocycles. The Balaban J connectivity index is 1.68. The number of hydrogen-bond acceptors (Lipinski definition) is 5. The molecule has 1 fully saturated rings. The topological polar surface area (TPSA) is 97.8 Å². The highest BCUT2D eigenvalue weighted by molar-refractivity contribution is 6.35. The number of pyridine rings is 1. The molecule has 8 heteroatoms. The van der Waals surface area contributed by atoms with Gasteiger partial charge in [0.05, 0.1) is 23.6 Å². The van der Waals surface area contributed by atoms with E-state index in [2.05, 4.69) is 10.3 Å². The van der Waals surface area contributed by atoms with E-state index in [0.717, 1.165) is 5.39 Å². The van der Waals surface area contributed by atoms with Crippen molar-refractivity contribution in [3.8, 4) is 5.75 Å². The fourth-order valence-corrected chi connectivity index (χ4v) is 3.10. The second-order valence-corrected chi connectivity index (χ2v) is 6.34. The number of aliphatic carboxylic acids is 1. The standard InChI is InChI=1S/C17H17ClN2O5/c18-12-3-4-13(16-11(12)2-1-6-19-16)25-9-14(21)20-17(8-15(22)23)5-7-24-10-17/h1-4,6H,5,7-10H2,(H,20,21)(H,22,23). The van der Waals surface area contributed by atoms with E-state index < -0.39 is 17.4 Å². The number of carboxylic acids is 1. The van der Waals surface area contributed by atoms with E-state index in [1.165, 1.54) is 0 Å². The summed E-state index contributed by atoms with van der Waals surface area (Å²) in [5, 5.41) is 13.1. The molecule has 0 aliphatic carbocycles. The number of carbonyl (C=O) groups excluding carboxylic acids is 1. The van der Waals surface area contributed by atoms with Gasteiger partial charge in [-0.25, -0.2) is 0 Å². The molecule has 1 aromatic carbocycles. The summed E-state index contributed by atoms with van der Waals surface area (Å²) in [5.41, 5.74) is -0.320. The number of ether oxygens (including phenoxy) is 2. The number of aromatic nitrogens is 1. The van der Waals surface area contributed by atoms with Crippen molar-refractivity contribution in [3.63, 3.8) is 0 Å². The minimum absolute atomic E-state index is 0.177. The Kier molecular flexibility index (Phi) is 5.06. The molecule has 2 heterocycles. The second kappa shape index (κ2) is 7.25. The van der Waals surface area contributed by atoms with Gasteiger partial charge in [0.1, 0.15) is 11.3 Å². The predicted octanol–water partition coefficient (Wildman–Crippen LogP) is 2.02. The SMILES string of the molecule is O=C(O)CC1(NC(=O)COc2ccc(Cl)c3cccnc23)CCOC1. The molecule has 2 N–H and O–H groups in total. The smallest absolute Gasteiger partial charge is 0.305 e. The lowest BCUT2D eigenvalue weighted by Gasteiger charge is -2.26. The first-order valence-corrected chi connectivity index (χ1v) is 8.13. The van der Waals surface area contributed by atoms with E-state index in [4.69, 9.17) is 26.2 Å². The number of benzene rings is 1. The molecule has 2 aromatic rings. The number of carboxylic acid groups (broad SMARTS) is 1. The van der Waals surface area contributed by atoms with Gasteiger partial charge in [0.2, 0.25) is 0 Å². The van der Waals surface area contributed by atoms with Crippen molar-refractivity contribution in [2.75, 3.05) is 19.8 Å². The molecule has 7 nitrogen and oxygen atoms in total. The van der Waals surface area contributed by atoms with E-state index in [0.29, 0.717) is 29.3 Å². The Morgan fingerprint density at radius 3 is 2.96 bits per heavy atom. The molecule has 1 aliphatic rings. The minimum atomic E-state index is -0.986. The zero-order valence-electron chi connectivity index (χ0n) is 13.3. The van der Waals surface area contributed by atoms with Crippen LogP contribution in [0.2, 0.25) is 5.02 Å². The van der Waals surface area contributed by atoms with Gasteiger partial charge in [-0.15, -0.1) is 0 Å². The van der Waals surface area contributed by atoms with Crippen molar-refractivity contribution in [2.45, 2.75) is 18.4 Å². The van der Waals surface area contributed by atoms with Gasteiger partial charge in [-0.2, -0.15) is 0 Å². The first-order valence-electron chi connectivity index (χ1n) is 7.76. The Morgan fingerprint density at radius 2 is 2.24 bits per heavy atom. The number of fused-ring (bicyclic) bond motifs is 1. The van der Waals surface area contributed by atoms with Gasteiger partial charge in [0.15, 0.2) is 6.61 Å². The minimum Gasteiger partial charge on any atom is -0.481 e. The fraction of sp³-hybridized carbons (Fsp3) is 0.353. The largest absolute Gasteiger partial charge is 0.481 e. The average Bonchev–Trinajstić information content (AvgIpc) is 3.01. The number of rotatable bonds is 6. The number of nitrogens with one attached hydrogen (secondary N) is 1. The van der Waals surface area contributed by atoms with Crippen molar-refractivity contribution >= 4 is 34.4 Å². The van der Waals surface area contributed by atoms with Crippen molar-refractivity contribution in [3.05, 3.63) is 35.5 Å². The lowest BCUT2D eigenvalue weighted by Crippen LogP contribution is -2.51. The summed E-state index contributed by atoms with van der Waals surface area (Å²) in [6, 6.07) is 6.90. The third-order valence-electron chi connectivity index (χ3n) is 4.04. The summed E-state index contributed by atoms with van der Waals surface area (Å²) >= 11 is 6.13. The lowest BCUT2D eigenvalue weighted by atomic mass is 9.94. The summed E-state index contributed by atoms with van der Waals surface area (Å²) in [4.78, 5) is 27.5. The van der Waals surface area contributed by atoms with Crippen LogP contribution in [0, 0.1) is 0 Å². The van der Waals surface area contributed by atoms with Crippen LogP contribution in [0.3, 0.4) is 0 Å². The highest BCUT2D eigenvalue weighted by Gasteiger charge is 2.38. The normalized spacial score (nSPS) is 19.7. The highest BCUT2D eigenvalue weighted by Crippen LogP contribution is 2.29. The zero-order valence-corrected chi connectivity index (χ0v) is 14.1. The molecule has 1 atom stereocenters. The molecule has 1 unspecified atom stereocenters. The maximum Gasteiger partial charge on any atom is 0.305 e. The molecule has 0 radical (unpaired) electrons. The maximum atomic E-state index is 12.2. The molecule has 132 valence electrons. The molecule has 0 saturated carbocycles. The van der Waals surface area contributed by atoms with Crippen LogP contribution in [0.1, 0.15) is 12.8 Å². The van der Waals surface area contributed by atoms with Gasteiger partial charge in [-0.1, -0.05) is 11.6 Å². The lowest BCUT2D eigenvalue weighted by molar-refractivity contribution is -0.139. The first-order chi connectivity index (χ1) is 12.0. The van der Waals surface area contributed by atoms with Gasteiger partial charge in [-0.05, 0) is 30.7 Å². The van der Waals surface area contributed by atoms with Crippen LogP contribution in [-0.4, -0.2) is 47.3 Å². The van der Waals surface area contributed by atoms with Crippen LogP contribution in [0.15, 0.2) is 30.5 Å². The van der Waals surface area contributed by atoms with Crippen LogP contribution in [0.25, 0.3) is 10.9 Å². The average molecular weight is 365 g/mol. The van der Waals surface area contributed by atoms with Crippen molar-refractivity contribution < 1.29 is 24.2 Å². The Morgan fingerprint density at radius 1 is 1.40 bits per heavy atom. The third kappa shape index (κ3) is 4.00. The maximum absolute atomic E-state index is 12.2. The van der Waals surface area contributed by atoms with E-state index in [9.17, 15) is 9.59 Å². The summed E-state index contributed by atoms with van der Waals surface area (Å²) in [6.07, 6.45) is 1.88. The molecular formula is C17H17ClN2O5. The summed E-state index contributed by atoms with van der Waals surface area (Å²) in [7, 11) is 0. The van der Waals surface area contributed by atoms with Crippen molar-refractivity contribution in [1.82, 2.24) is 10.3 Å². The third-order valence-corrected chi connectivity index (χ3v) is 4.37. The van der Waals surface area contributed by atoms with Gasteiger partial charge in [0, 0.05) is 18.2 Å². The Labute approximate surface area is 148 Å². The number of hydrogen-bond donors (Lipinski definition) is 2. The molecule has 1 amide bonds. The van der Waals surface area contributed by atoms with Gasteiger partial charge in [-0.3, -0.25) is 14.6 Å². The van der Waals surface area contributed by atoms with Gasteiger partial charge >= 0.3 is 5.97 Å². The summed E-state index contributed by atoms with van der Waals surface area (Å²) in [5.74, 6) is -0.962. The molecule has 3 rings (SSSR count). The van der Waals surface area contributed by atoms with Crippen LogP contribution >= 0.6 is 11.6 Å². The number of halogens is 1. The van der Waals surface area contributed by atoms with E-state index in [1.54, 1.807) is 24.4 Å². The molecule has 1 aromatic heterocycles. The molecule has 0 spiro atoms. The second-order valence-electron chi connectivity index (χ2n) is 5.94. The molecule has 0 bridgehead atoms. The van der Waals surface area contributed by atoms with Crippen LogP contribution in [-0.2, 0) is 14.3 Å². The predicted molar refractivity (Wildman–Crippen MR) is 90.8 cm³/mol.